The molecule has 7 aromatic carbocycles. The first kappa shape index (κ1) is 32.5. The van der Waals surface area contributed by atoms with Crippen molar-refractivity contribution in [1.82, 2.24) is 19.1 Å². The highest BCUT2D eigenvalue weighted by Gasteiger charge is 2.46. The fourth-order valence-corrected chi connectivity index (χ4v) is 8.70. The standard InChI is InChI=1S/C50H36N4O/c1-53-46-24-14-22-39(47(46)54(2)49(53)55)33-25-27-34(28-26-33)44-32-45(52-48(51-44)35-15-6-3-7-16-35)36-29-30-43-41(31-36)40-21-12-13-23-42(40)50(43,37-17-8-4-9-18-37)38-19-10-5-11-20-38/h3-32H,1-2H3. The van der Waals surface area contributed by atoms with Crippen molar-refractivity contribution in [1.29, 1.82) is 0 Å². The van der Waals surface area contributed by atoms with Crippen LogP contribution in [0.5, 0.6) is 0 Å². The minimum Gasteiger partial charge on any atom is -0.295 e. The summed E-state index contributed by atoms with van der Waals surface area (Å²) in [5, 5.41) is 0. The minimum atomic E-state index is -0.461. The van der Waals surface area contributed by atoms with Crippen molar-refractivity contribution in [2.24, 2.45) is 14.1 Å². The van der Waals surface area contributed by atoms with Gasteiger partial charge in [-0.2, -0.15) is 0 Å². The predicted molar refractivity (Wildman–Crippen MR) is 223 cm³/mol. The van der Waals surface area contributed by atoms with E-state index in [9.17, 15) is 4.79 Å². The van der Waals surface area contributed by atoms with Gasteiger partial charge >= 0.3 is 5.69 Å². The minimum absolute atomic E-state index is 0.0399. The van der Waals surface area contributed by atoms with E-state index in [1.807, 2.05) is 44.4 Å². The molecule has 0 atom stereocenters. The molecule has 0 spiro atoms. The van der Waals surface area contributed by atoms with Gasteiger partial charge in [0.15, 0.2) is 5.82 Å². The maximum Gasteiger partial charge on any atom is 0.328 e. The molecule has 0 unspecified atom stereocenters. The zero-order valence-corrected chi connectivity index (χ0v) is 30.5. The Morgan fingerprint density at radius 3 is 1.67 bits per heavy atom. The zero-order chi connectivity index (χ0) is 37.1. The third-order valence-corrected chi connectivity index (χ3v) is 11.3. The van der Waals surface area contributed by atoms with Crippen molar-refractivity contribution in [2.75, 3.05) is 0 Å². The van der Waals surface area contributed by atoms with Crippen molar-refractivity contribution >= 4 is 11.0 Å². The number of nitrogens with zero attached hydrogens (tertiary/aromatic N) is 4. The first-order chi connectivity index (χ1) is 27.0. The molecule has 0 radical (unpaired) electrons. The molecule has 0 N–H and O–H groups in total. The van der Waals surface area contributed by atoms with E-state index in [0.717, 1.165) is 50.2 Å². The van der Waals surface area contributed by atoms with Gasteiger partial charge in [0.2, 0.25) is 0 Å². The molecule has 262 valence electrons. The van der Waals surface area contributed by atoms with Gasteiger partial charge in [-0.05, 0) is 57.1 Å². The molecule has 1 aliphatic rings. The molecule has 55 heavy (non-hydrogen) atoms. The molecule has 10 rings (SSSR count). The summed E-state index contributed by atoms with van der Waals surface area (Å²) in [7, 11) is 3.65. The summed E-state index contributed by atoms with van der Waals surface area (Å²) >= 11 is 0. The van der Waals surface area contributed by atoms with Gasteiger partial charge in [0.05, 0.1) is 27.8 Å². The number of aromatic nitrogens is 4. The third kappa shape index (κ3) is 5.04. The molecule has 0 fully saturated rings. The van der Waals surface area contributed by atoms with Crippen molar-refractivity contribution in [3.63, 3.8) is 0 Å². The summed E-state index contributed by atoms with van der Waals surface area (Å²) in [5.74, 6) is 0.671. The van der Waals surface area contributed by atoms with Crippen LogP contribution in [0.3, 0.4) is 0 Å². The van der Waals surface area contributed by atoms with Crippen LogP contribution in [0.4, 0.5) is 0 Å². The average Bonchev–Trinajstić information content (AvgIpc) is 3.68. The molecular formula is C50H36N4O. The number of aryl methyl sites for hydroxylation is 2. The summed E-state index contributed by atoms with van der Waals surface area (Å²) in [5.41, 5.74) is 15.5. The number of benzene rings is 7. The van der Waals surface area contributed by atoms with Crippen LogP contribution in [0.1, 0.15) is 22.3 Å². The number of hydrogen-bond donors (Lipinski definition) is 0. The summed E-state index contributed by atoms with van der Waals surface area (Å²) in [6.07, 6.45) is 0. The molecule has 0 saturated carbocycles. The fourth-order valence-electron chi connectivity index (χ4n) is 8.70. The van der Waals surface area contributed by atoms with Crippen LogP contribution in [0, 0.1) is 0 Å². The van der Waals surface area contributed by atoms with Gasteiger partial charge in [0.1, 0.15) is 0 Å². The Bertz CT molecular complexity index is 2910. The predicted octanol–water partition coefficient (Wildman–Crippen LogP) is 10.7. The fraction of sp³-hybridized carbons (Fsp3) is 0.0600. The molecule has 5 heteroatoms. The topological polar surface area (TPSA) is 52.7 Å². The molecule has 5 nitrogen and oxygen atoms in total. The molecule has 1 aliphatic carbocycles. The monoisotopic (exact) mass is 708 g/mol. The highest BCUT2D eigenvalue weighted by molar-refractivity contribution is 5.93. The molecule has 0 saturated heterocycles. The Balaban J connectivity index is 1.13. The van der Waals surface area contributed by atoms with Gasteiger partial charge < -0.3 is 0 Å². The maximum atomic E-state index is 12.8. The second kappa shape index (κ2) is 12.8. The van der Waals surface area contributed by atoms with E-state index < -0.39 is 5.41 Å². The first-order valence-corrected chi connectivity index (χ1v) is 18.6. The van der Waals surface area contributed by atoms with Crippen LogP contribution in [0.15, 0.2) is 187 Å². The Kier molecular flexibility index (Phi) is 7.56. The highest BCUT2D eigenvalue weighted by atomic mass is 16.1. The van der Waals surface area contributed by atoms with Gasteiger partial charge in [0, 0.05) is 36.3 Å². The number of hydrogen-bond acceptors (Lipinski definition) is 3. The van der Waals surface area contributed by atoms with E-state index in [2.05, 4.69) is 152 Å². The van der Waals surface area contributed by atoms with Crippen LogP contribution >= 0.6 is 0 Å². The summed E-state index contributed by atoms with van der Waals surface area (Å²) < 4.78 is 3.42. The van der Waals surface area contributed by atoms with Crippen LogP contribution in [0.2, 0.25) is 0 Å². The second-order valence-corrected chi connectivity index (χ2v) is 14.3. The van der Waals surface area contributed by atoms with Crippen LogP contribution in [-0.4, -0.2) is 19.1 Å². The van der Waals surface area contributed by atoms with Gasteiger partial charge in [-0.15, -0.1) is 0 Å². The molecule has 0 bridgehead atoms. The van der Waals surface area contributed by atoms with Crippen LogP contribution < -0.4 is 5.69 Å². The van der Waals surface area contributed by atoms with Gasteiger partial charge in [-0.1, -0.05) is 164 Å². The van der Waals surface area contributed by atoms with Gasteiger partial charge in [-0.25, -0.2) is 14.8 Å². The van der Waals surface area contributed by atoms with Crippen LogP contribution in [-0.2, 0) is 19.5 Å². The lowest BCUT2D eigenvalue weighted by atomic mass is 9.67. The van der Waals surface area contributed by atoms with E-state index in [0.29, 0.717) is 5.82 Å². The summed E-state index contributed by atoms with van der Waals surface area (Å²) in [6.45, 7) is 0. The SMILES string of the molecule is Cn1c(=O)n(C)c2c(-c3ccc(-c4cc(-c5ccc6c(c5)-c5ccccc5C6(c5ccccc5)c5ccccc5)nc(-c5ccccc5)n4)cc3)cccc21. The van der Waals surface area contributed by atoms with Crippen molar-refractivity contribution in [3.05, 3.63) is 215 Å². The molecule has 2 heterocycles. The number of para-hydroxylation sites is 1. The zero-order valence-electron chi connectivity index (χ0n) is 30.5. The lowest BCUT2D eigenvalue weighted by molar-refractivity contribution is 0.768. The Morgan fingerprint density at radius 2 is 0.982 bits per heavy atom. The number of rotatable bonds is 6. The number of imidazole rings is 1. The smallest absolute Gasteiger partial charge is 0.295 e. The van der Waals surface area contributed by atoms with E-state index in [1.165, 1.54) is 33.4 Å². The lowest BCUT2D eigenvalue weighted by Gasteiger charge is -2.33. The Hall–Kier alpha value is -7.11. The third-order valence-electron chi connectivity index (χ3n) is 11.3. The quantitative estimate of drug-likeness (QED) is 0.173. The lowest BCUT2D eigenvalue weighted by Crippen LogP contribution is -2.28. The average molecular weight is 709 g/mol. The molecule has 9 aromatic rings. The largest absolute Gasteiger partial charge is 0.328 e. The highest BCUT2D eigenvalue weighted by Crippen LogP contribution is 2.56. The second-order valence-electron chi connectivity index (χ2n) is 14.3. The van der Waals surface area contributed by atoms with Crippen LogP contribution in [0.25, 0.3) is 67.2 Å². The van der Waals surface area contributed by atoms with E-state index >= 15 is 0 Å². The van der Waals surface area contributed by atoms with E-state index in [1.54, 1.807) is 9.13 Å². The van der Waals surface area contributed by atoms with Gasteiger partial charge in [-0.3, -0.25) is 9.13 Å². The molecule has 2 aromatic heterocycles. The van der Waals surface area contributed by atoms with Crippen molar-refractivity contribution in [3.8, 4) is 56.2 Å². The maximum absolute atomic E-state index is 12.8. The molecule has 0 aliphatic heterocycles. The number of fused-ring (bicyclic) bond motifs is 4. The Morgan fingerprint density at radius 1 is 0.436 bits per heavy atom. The molecule has 0 amide bonds. The van der Waals surface area contributed by atoms with Gasteiger partial charge in [0.25, 0.3) is 0 Å². The summed E-state index contributed by atoms with van der Waals surface area (Å²) in [4.78, 5) is 23.1. The van der Waals surface area contributed by atoms with E-state index in [-0.39, 0.29) is 5.69 Å². The summed E-state index contributed by atoms with van der Waals surface area (Å²) in [6, 6.07) is 64.2. The molecular weight excluding hydrogens is 673 g/mol. The van der Waals surface area contributed by atoms with E-state index in [4.69, 9.17) is 9.97 Å². The Labute approximate surface area is 319 Å². The van der Waals surface area contributed by atoms with Crippen molar-refractivity contribution < 1.29 is 0 Å². The normalized spacial score (nSPS) is 12.8. The van der Waals surface area contributed by atoms with Crippen molar-refractivity contribution in [2.45, 2.75) is 5.41 Å². The first-order valence-electron chi connectivity index (χ1n) is 18.6.